The summed E-state index contributed by atoms with van der Waals surface area (Å²) in [7, 11) is 1.47. The quantitative estimate of drug-likeness (QED) is 0.277. The molecule has 0 aliphatic carbocycles. The van der Waals surface area contributed by atoms with Crippen molar-refractivity contribution in [1.29, 1.82) is 0 Å². The van der Waals surface area contributed by atoms with Gasteiger partial charge in [-0.2, -0.15) is 5.10 Å². The molecule has 10 nitrogen and oxygen atoms in total. The standard InChI is InChI=1S/C27H18FN5O5/c1-38-21-9-6-14(10-15(21)13-32-24(34)17-4-2-3-5-18(17)25(32)35)12-29-33-26(36)23-22(31-27(33)37)19-11-16(28)7-8-20(19)30-23/h2-12,30H,13H2,1H3,(H,31,37). The fraction of sp³-hybridized carbons (Fsp3) is 0.0741. The van der Waals surface area contributed by atoms with Gasteiger partial charge in [0.15, 0.2) is 0 Å². The zero-order chi connectivity index (χ0) is 26.6. The van der Waals surface area contributed by atoms with Crippen LogP contribution in [0.4, 0.5) is 4.39 Å². The van der Waals surface area contributed by atoms with Crippen LogP contribution < -0.4 is 16.0 Å². The number of fused-ring (bicyclic) bond motifs is 4. The number of aromatic amines is 2. The van der Waals surface area contributed by atoms with E-state index in [2.05, 4.69) is 15.1 Å². The number of halogens is 1. The fourth-order valence-electron chi connectivity index (χ4n) is 4.60. The molecule has 5 aromatic rings. The Labute approximate surface area is 212 Å². The number of hydrogen-bond acceptors (Lipinski definition) is 6. The Morgan fingerprint density at radius 2 is 1.66 bits per heavy atom. The second-order valence-electron chi connectivity index (χ2n) is 8.67. The molecule has 0 saturated heterocycles. The van der Waals surface area contributed by atoms with E-state index in [9.17, 15) is 23.6 Å². The van der Waals surface area contributed by atoms with Crippen LogP contribution in [-0.2, 0) is 6.54 Å². The Morgan fingerprint density at radius 3 is 2.37 bits per heavy atom. The van der Waals surface area contributed by atoms with Crippen LogP contribution in [0.15, 0.2) is 75.4 Å². The average Bonchev–Trinajstić information content (AvgIpc) is 3.39. The molecule has 0 saturated carbocycles. The van der Waals surface area contributed by atoms with Crippen LogP contribution in [0.3, 0.4) is 0 Å². The molecule has 6 rings (SSSR count). The first-order valence-corrected chi connectivity index (χ1v) is 11.5. The van der Waals surface area contributed by atoms with Gasteiger partial charge in [-0.25, -0.2) is 9.18 Å². The van der Waals surface area contributed by atoms with Crippen LogP contribution in [0.5, 0.6) is 5.75 Å². The van der Waals surface area contributed by atoms with E-state index in [0.717, 1.165) is 4.90 Å². The number of imide groups is 1. The molecule has 0 fully saturated rings. The molecule has 0 unspecified atom stereocenters. The third kappa shape index (κ3) is 3.60. The molecule has 2 N–H and O–H groups in total. The maximum absolute atomic E-state index is 13.7. The van der Waals surface area contributed by atoms with Gasteiger partial charge in [0.2, 0.25) is 0 Å². The summed E-state index contributed by atoms with van der Waals surface area (Å²) in [6.07, 6.45) is 1.30. The van der Waals surface area contributed by atoms with Gasteiger partial charge in [0.1, 0.15) is 17.1 Å². The Kier molecular flexibility index (Phi) is 5.26. The number of hydrogen-bond donors (Lipinski definition) is 2. The molecule has 11 heteroatoms. The largest absolute Gasteiger partial charge is 0.496 e. The number of nitrogens with zero attached hydrogens (tertiary/aromatic N) is 3. The van der Waals surface area contributed by atoms with E-state index in [1.165, 1.54) is 31.5 Å². The number of amides is 2. The summed E-state index contributed by atoms with van der Waals surface area (Å²) in [6.45, 7) is -0.0463. The lowest BCUT2D eigenvalue weighted by Gasteiger charge is -2.16. The Bertz CT molecular complexity index is 1920. The maximum atomic E-state index is 13.7. The molecule has 0 atom stereocenters. The second-order valence-corrected chi connectivity index (χ2v) is 8.67. The van der Waals surface area contributed by atoms with Crippen molar-refractivity contribution in [3.8, 4) is 5.75 Å². The van der Waals surface area contributed by atoms with Gasteiger partial charge in [-0.1, -0.05) is 12.1 Å². The fourth-order valence-corrected chi connectivity index (χ4v) is 4.60. The monoisotopic (exact) mass is 511 g/mol. The SMILES string of the molecule is COc1ccc(C=Nn2c(=O)[nH]c3c([nH]c4ccc(F)cc43)c2=O)cc1CN1C(=O)c2ccccc2C1=O. The van der Waals surface area contributed by atoms with Gasteiger partial charge in [-0.15, -0.1) is 4.68 Å². The highest BCUT2D eigenvalue weighted by Gasteiger charge is 2.35. The number of carbonyl (C=O) groups is 2. The molecule has 1 aliphatic rings. The maximum Gasteiger partial charge on any atom is 0.350 e. The number of ether oxygens (including phenoxy) is 1. The van der Waals surface area contributed by atoms with Crippen molar-refractivity contribution in [2.24, 2.45) is 5.10 Å². The molecule has 188 valence electrons. The van der Waals surface area contributed by atoms with Crippen molar-refractivity contribution in [2.75, 3.05) is 7.11 Å². The number of methoxy groups -OCH3 is 1. The highest BCUT2D eigenvalue weighted by atomic mass is 19.1. The van der Waals surface area contributed by atoms with Crippen molar-refractivity contribution < 1.29 is 18.7 Å². The molecule has 0 bridgehead atoms. The Morgan fingerprint density at radius 1 is 0.921 bits per heavy atom. The van der Waals surface area contributed by atoms with Crippen LogP contribution in [0, 0.1) is 5.82 Å². The molecular weight excluding hydrogens is 493 g/mol. The van der Waals surface area contributed by atoms with Gasteiger partial charge in [-0.05, 0) is 54.1 Å². The van der Waals surface area contributed by atoms with Crippen LogP contribution in [0.1, 0.15) is 31.8 Å². The Hall–Kier alpha value is -5.32. The summed E-state index contributed by atoms with van der Waals surface area (Å²) in [5.74, 6) is -0.869. The molecule has 3 aromatic carbocycles. The minimum absolute atomic E-state index is 0.0463. The zero-order valence-electron chi connectivity index (χ0n) is 19.8. The lowest BCUT2D eigenvalue weighted by molar-refractivity contribution is 0.0641. The molecule has 0 spiro atoms. The minimum Gasteiger partial charge on any atom is -0.496 e. The van der Waals surface area contributed by atoms with Crippen molar-refractivity contribution >= 4 is 40.0 Å². The normalized spacial score (nSPS) is 13.3. The van der Waals surface area contributed by atoms with Crippen LogP contribution >= 0.6 is 0 Å². The van der Waals surface area contributed by atoms with E-state index in [0.29, 0.717) is 43.6 Å². The van der Waals surface area contributed by atoms with Crippen molar-refractivity contribution in [3.05, 3.63) is 110 Å². The van der Waals surface area contributed by atoms with E-state index < -0.39 is 28.9 Å². The molecule has 1 aliphatic heterocycles. The van der Waals surface area contributed by atoms with E-state index in [4.69, 9.17) is 4.74 Å². The third-order valence-corrected chi connectivity index (χ3v) is 6.42. The summed E-state index contributed by atoms with van der Waals surface area (Å²) in [5, 5.41) is 4.43. The first kappa shape index (κ1) is 23.1. The molecule has 38 heavy (non-hydrogen) atoms. The summed E-state index contributed by atoms with van der Waals surface area (Å²) in [4.78, 5) is 57.9. The lowest BCUT2D eigenvalue weighted by atomic mass is 10.1. The van der Waals surface area contributed by atoms with Gasteiger partial charge in [0.25, 0.3) is 11.8 Å². The van der Waals surface area contributed by atoms with Crippen molar-refractivity contribution in [1.82, 2.24) is 19.5 Å². The van der Waals surface area contributed by atoms with Gasteiger partial charge in [0, 0.05) is 16.5 Å². The first-order valence-electron chi connectivity index (χ1n) is 11.5. The Balaban J connectivity index is 1.35. The molecule has 0 radical (unpaired) electrons. The van der Waals surface area contributed by atoms with Gasteiger partial charge >= 0.3 is 11.2 Å². The number of benzene rings is 3. The van der Waals surface area contributed by atoms with Gasteiger partial charge < -0.3 is 14.7 Å². The van der Waals surface area contributed by atoms with E-state index in [-0.39, 0.29) is 17.6 Å². The lowest BCUT2D eigenvalue weighted by Crippen LogP contribution is -2.32. The summed E-state index contributed by atoms with van der Waals surface area (Å²) < 4.78 is 19.8. The first-order chi connectivity index (χ1) is 18.4. The van der Waals surface area contributed by atoms with Gasteiger partial charge in [-0.3, -0.25) is 19.3 Å². The number of rotatable bonds is 5. The van der Waals surface area contributed by atoms with E-state index in [1.807, 2.05) is 0 Å². The number of nitrogens with one attached hydrogen (secondary N) is 2. The third-order valence-electron chi connectivity index (χ3n) is 6.42. The second kappa shape index (κ2) is 8.66. The minimum atomic E-state index is -0.802. The van der Waals surface area contributed by atoms with Crippen LogP contribution in [0.25, 0.3) is 21.9 Å². The molecule has 2 amide bonds. The number of H-pyrrole nitrogens is 2. The smallest absolute Gasteiger partial charge is 0.350 e. The van der Waals surface area contributed by atoms with E-state index in [1.54, 1.807) is 42.5 Å². The molecular formula is C27H18FN5O5. The van der Waals surface area contributed by atoms with Crippen LogP contribution in [0.2, 0.25) is 0 Å². The average molecular weight is 511 g/mol. The van der Waals surface area contributed by atoms with Gasteiger partial charge in [0.05, 0.1) is 36.5 Å². The van der Waals surface area contributed by atoms with Crippen molar-refractivity contribution in [3.63, 3.8) is 0 Å². The molecule has 3 heterocycles. The zero-order valence-corrected chi connectivity index (χ0v) is 19.8. The highest BCUT2D eigenvalue weighted by Crippen LogP contribution is 2.28. The predicted molar refractivity (Wildman–Crippen MR) is 137 cm³/mol. The summed E-state index contributed by atoms with van der Waals surface area (Å²) in [6, 6.07) is 15.5. The van der Waals surface area contributed by atoms with E-state index >= 15 is 0 Å². The predicted octanol–water partition coefficient (Wildman–Crippen LogP) is 3.00. The summed E-state index contributed by atoms with van der Waals surface area (Å²) >= 11 is 0. The highest BCUT2D eigenvalue weighted by molar-refractivity contribution is 6.21. The molecule has 2 aromatic heterocycles. The van der Waals surface area contributed by atoms with Crippen LogP contribution in [-0.4, -0.2) is 44.7 Å². The number of aromatic nitrogens is 3. The topological polar surface area (TPSA) is 130 Å². The summed E-state index contributed by atoms with van der Waals surface area (Å²) in [5.41, 5.74) is 0.925. The number of carbonyl (C=O) groups excluding carboxylic acids is 2. The van der Waals surface area contributed by atoms with Crippen molar-refractivity contribution in [2.45, 2.75) is 6.54 Å².